The molecule has 168 valence electrons. The fourth-order valence-corrected chi connectivity index (χ4v) is 3.57. The minimum absolute atomic E-state index is 0.0418. The van der Waals surface area contributed by atoms with E-state index in [1.165, 1.54) is 6.07 Å². The zero-order valence-corrected chi connectivity index (χ0v) is 17.8. The van der Waals surface area contributed by atoms with Crippen LogP contribution in [0, 0.1) is 23.5 Å². The van der Waals surface area contributed by atoms with Gasteiger partial charge in [-0.15, -0.1) is 0 Å². The summed E-state index contributed by atoms with van der Waals surface area (Å²) < 4.78 is 37.9. The lowest BCUT2D eigenvalue weighted by Crippen LogP contribution is -2.44. The fourth-order valence-electron chi connectivity index (χ4n) is 3.11. The SMILES string of the molecule is O=C(NCCc1c[nH]c2ccccc12)[C@H](CC#Cc1ccc(F)cc1F)NCP(=O)(O)O. The summed E-state index contributed by atoms with van der Waals surface area (Å²) in [5.41, 5.74) is 1.96. The molecule has 1 amide bonds. The number of amides is 1. The number of H-pyrrole nitrogens is 1. The van der Waals surface area contributed by atoms with Crippen molar-refractivity contribution in [1.82, 2.24) is 15.6 Å². The number of hydrogen-bond donors (Lipinski definition) is 5. The number of para-hydroxylation sites is 1. The van der Waals surface area contributed by atoms with Crippen LogP contribution in [0.1, 0.15) is 17.5 Å². The molecule has 3 rings (SSSR count). The van der Waals surface area contributed by atoms with Gasteiger partial charge in [0.1, 0.15) is 11.6 Å². The third kappa shape index (κ3) is 6.74. The number of aromatic amines is 1. The molecule has 5 N–H and O–H groups in total. The van der Waals surface area contributed by atoms with Crippen molar-refractivity contribution in [3.8, 4) is 11.8 Å². The van der Waals surface area contributed by atoms with Gasteiger partial charge in [-0.3, -0.25) is 14.7 Å². The molecule has 0 radical (unpaired) electrons. The van der Waals surface area contributed by atoms with Crippen molar-refractivity contribution in [2.75, 3.05) is 12.8 Å². The largest absolute Gasteiger partial charge is 0.361 e. The molecule has 0 saturated heterocycles. The van der Waals surface area contributed by atoms with Crippen LogP contribution in [0.25, 0.3) is 10.9 Å². The summed E-state index contributed by atoms with van der Waals surface area (Å²) in [5, 5.41) is 6.28. The molecule has 0 saturated carbocycles. The van der Waals surface area contributed by atoms with E-state index in [0.717, 1.165) is 22.5 Å². The highest BCUT2D eigenvalue weighted by Crippen LogP contribution is 2.32. The van der Waals surface area contributed by atoms with Gasteiger partial charge in [-0.25, -0.2) is 8.78 Å². The molecular formula is C22H22F2N3O4P. The van der Waals surface area contributed by atoms with Crippen LogP contribution in [0.3, 0.4) is 0 Å². The van der Waals surface area contributed by atoms with Crippen molar-refractivity contribution < 1.29 is 27.9 Å². The van der Waals surface area contributed by atoms with Gasteiger partial charge in [0, 0.05) is 36.1 Å². The van der Waals surface area contributed by atoms with Crippen molar-refractivity contribution in [3.63, 3.8) is 0 Å². The maximum Gasteiger partial charge on any atom is 0.339 e. The Bertz CT molecular complexity index is 1210. The Morgan fingerprint density at radius 1 is 1.19 bits per heavy atom. The van der Waals surface area contributed by atoms with Crippen LogP contribution >= 0.6 is 7.60 Å². The third-order valence-corrected chi connectivity index (χ3v) is 5.28. The summed E-state index contributed by atoms with van der Waals surface area (Å²) in [6.07, 6.45) is 1.58. The van der Waals surface area contributed by atoms with Crippen LogP contribution in [-0.4, -0.2) is 39.6 Å². The maximum atomic E-state index is 13.7. The Morgan fingerprint density at radius 3 is 2.72 bits per heavy atom. The Labute approximate surface area is 183 Å². The third-order valence-electron chi connectivity index (χ3n) is 4.69. The van der Waals surface area contributed by atoms with Crippen molar-refractivity contribution in [2.45, 2.75) is 18.9 Å². The second-order valence-electron chi connectivity index (χ2n) is 7.11. The fraction of sp³-hybridized carbons (Fsp3) is 0.227. The van der Waals surface area contributed by atoms with Gasteiger partial charge in [0.15, 0.2) is 0 Å². The average Bonchev–Trinajstić information content (AvgIpc) is 3.14. The van der Waals surface area contributed by atoms with E-state index < -0.39 is 37.5 Å². The van der Waals surface area contributed by atoms with Gasteiger partial charge in [-0.2, -0.15) is 0 Å². The topological polar surface area (TPSA) is 114 Å². The van der Waals surface area contributed by atoms with Gasteiger partial charge in [0.05, 0.1) is 17.9 Å². The van der Waals surface area contributed by atoms with Crippen LogP contribution in [0.2, 0.25) is 0 Å². The molecule has 0 unspecified atom stereocenters. The van der Waals surface area contributed by atoms with Gasteiger partial charge in [-0.05, 0) is 30.2 Å². The summed E-state index contributed by atoms with van der Waals surface area (Å²) in [7, 11) is -4.40. The number of fused-ring (bicyclic) bond motifs is 1. The van der Waals surface area contributed by atoms with E-state index in [4.69, 9.17) is 9.79 Å². The normalized spacial score (nSPS) is 12.2. The highest BCUT2D eigenvalue weighted by molar-refractivity contribution is 7.51. The summed E-state index contributed by atoms with van der Waals surface area (Å²) in [4.78, 5) is 33.9. The molecule has 10 heteroatoms. The first-order valence-corrected chi connectivity index (χ1v) is 11.6. The molecule has 1 aromatic heterocycles. The van der Waals surface area contributed by atoms with Crippen LogP contribution in [0.15, 0.2) is 48.7 Å². The van der Waals surface area contributed by atoms with E-state index in [-0.39, 0.29) is 12.0 Å². The predicted octanol–water partition coefficient (Wildman–Crippen LogP) is 2.64. The second kappa shape index (κ2) is 10.5. The van der Waals surface area contributed by atoms with Gasteiger partial charge in [-0.1, -0.05) is 30.0 Å². The first-order chi connectivity index (χ1) is 15.2. The number of benzene rings is 2. The lowest BCUT2D eigenvalue weighted by atomic mass is 10.1. The smallest absolute Gasteiger partial charge is 0.339 e. The van der Waals surface area contributed by atoms with E-state index >= 15 is 0 Å². The summed E-state index contributed by atoms with van der Waals surface area (Å²) in [6, 6.07) is 9.67. The molecule has 2 aromatic carbocycles. The first-order valence-electron chi connectivity index (χ1n) is 9.77. The number of aromatic nitrogens is 1. The molecule has 32 heavy (non-hydrogen) atoms. The van der Waals surface area contributed by atoms with Crippen LogP contribution in [0.4, 0.5) is 8.78 Å². The highest BCUT2D eigenvalue weighted by Gasteiger charge is 2.21. The van der Waals surface area contributed by atoms with E-state index in [1.807, 2.05) is 30.5 Å². The summed E-state index contributed by atoms with van der Waals surface area (Å²) in [5.74, 6) is 3.07. The van der Waals surface area contributed by atoms with Gasteiger partial charge in [0.25, 0.3) is 0 Å². The molecule has 0 aliphatic rings. The molecule has 0 spiro atoms. The zero-order chi connectivity index (χ0) is 23.1. The number of hydrogen-bond acceptors (Lipinski definition) is 3. The number of halogens is 2. The lowest BCUT2D eigenvalue weighted by Gasteiger charge is -2.16. The molecule has 7 nitrogen and oxygen atoms in total. The van der Waals surface area contributed by atoms with Gasteiger partial charge < -0.3 is 20.1 Å². The lowest BCUT2D eigenvalue weighted by molar-refractivity contribution is -0.122. The van der Waals surface area contributed by atoms with Crippen molar-refractivity contribution in [3.05, 3.63) is 71.4 Å². The Balaban J connectivity index is 1.62. The maximum absolute atomic E-state index is 13.7. The Hall–Kier alpha value is -3.02. The molecular weight excluding hydrogens is 439 g/mol. The van der Waals surface area contributed by atoms with E-state index in [1.54, 1.807) is 0 Å². The van der Waals surface area contributed by atoms with Gasteiger partial charge in [0.2, 0.25) is 5.91 Å². The number of carbonyl (C=O) groups is 1. The van der Waals surface area contributed by atoms with E-state index in [9.17, 15) is 18.1 Å². The molecule has 0 bridgehead atoms. The number of carbonyl (C=O) groups excluding carboxylic acids is 1. The van der Waals surface area contributed by atoms with E-state index in [0.29, 0.717) is 19.0 Å². The molecule has 0 aliphatic heterocycles. The molecule has 0 aliphatic carbocycles. The molecule has 1 heterocycles. The van der Waals surface area contributed by atoms with Crippen molar-refractivity contribution in [2.24, 2.45) is 0 Å². The molecule has 3 aromatic rings. The highest BCUT2D eigenvalue weighted by atomic mass is 31.2. The standard InChI is InChI=1S/C22H22F2N3O4P/c23-17-9-8-15(19(24)12-17)4-3-7-21(27-14-32(29,30)31)22(28)25-11-10-16-13-26-20-6-2-1-5-18(16)20/h1-2,5-6,8-9,12-13,21,26-27H,7,10-11,14H2,(H,25,28)(H2,29,30,31)/t21-/m0/s1. The van der Waals surface area contributed by atoms with Crippen LogP contribution in [-0.2, 0) is 15.8 Å². The Morgan fingerprint density at radius 2 is 1.97 bits per heavy atom. The second-order valence-corrected chi connectivity index (χ2v) is 8.76. The first kappa shape index (κ1) is 23.6. The van der Waals surface area contributed by atoms with Crippen molar-refractivity contribution in [1.29, 1.82) is 0 Å². The van der Waals surface area contributed by atoms with Gasteiger partial charge >= 0.3 is 7.60 Å². The van der Waals surface area contributed by atoms with Crippen LogP contribution < -0.4 is 10.6 Å². The minimum atomic E-state index is -4.40. The molecule has 0 fully saturated rings. The predicted molar refractivity (Wildman–Crippen MR) is 117 cm³/mol. The van der Waals surface area contributed by atoms with Crippen molar-refractivity contribution >= 4 is 24.4 Å². The average molecular weight is 461 g/mol. The quantitative estimate of drug-likeness (QED) is 0.261. The monoisotopic (exact) mass is 461 g/mol. The van der Waals surface area contributed by atoms with Crippen LogP contribution in [0.5, 0.6) is 0 Å². The number of nitrogens with one attached hydrogen (secondary N) is 3. The minimum Gasteiger partial charge on any atom is -0.361 e. The zero-order valence-electron chi connectivity index (χ0n) is 16.9. The summed E-state index contributed by atoms with van der Waals surface area (Å²) in [6.45, 7) is 0.300. The summed E-state index contributed by atoms with van der Waals surface area (Å²) >= 11 is 0. The Kier molecular flexibility index (Phi) is 7.78. The van der Waals surface area contributed by atoms with E-state index in [2.05, 4.69) is 27.5 Å². The number of rotatable bonds is 8. The molecule has 1 atom stereocenters.